The van der Waals surface area contributed by atoms with E-state index < -0.39 is 21.7 Å². The van der Waals surface area contributed by atoms with E-state index in [0.717, 1.165) is 67.3 Å². The first-order valence-corrected chi connectivity index (χ1v) is 34.6. The van der Waals surface area contributed by atoms with Crippen LogP contribution in [-0.2, 0) is 21.7 Å². The summed E-state index contributed by atoms with van der Waals surface area (Å²) in [5, 5.41) is 0. The number of hydrogen-bond donors (Lipinski definition) is 0. The molecule has 6 aliphatic carbocycles. The van der Waals surface area contributed by atoms with E-state index in [-0.39, 0.29) is 0 Å². The molecule has 0 amide bonds. The molecule has 98 heavy (non-hydrogen) atoms. The lowest BCUT2D eigenvalue weighted by Gasteiger charge is -2.34. The topological polar surface area (TPSA) is 25.8 Å². The zero-order valence-electron chi connectivity index (χ0n) is 54.9. The largest absolute Gasteiger partial charge is 0.247 e. The molecule has 1 aromatic heterocycles. The highest BCUT2D eigenvalue weighted by atomic mass is 14.9. The van der Waals surface area contributed by atoms with Gasteiger partial charge in [0, 0.05) is 11.1 Å². The fourth-order valence-electron chi connectivity index (χ4n) is 19.3. The molecule has 0 bridgehead atoms. The van der Waals surface area contributed by atoms with E-state index in [1.807, 2.05) is 0 Å². The first-order valence-electron chi connectivity index (χ1n) is 34.6. The van der Waals surface area contributed by atoms with Crippen LogP contribution in [-0.4, -0.2) is 9.97 Å². The summed E-state index contributed by atoms with van der Waals surface area (Å²) >= 11 is 0. The van der Waals surface area contributed by atoms with Gasteiger partial charge in [0.05, 0.1) is 44.4 Å². The van der Waals surface area contributed by atoms with Gasteiger partial charge in [0.2, 0.25) is 0 Å². The van der Waals surface area contributed by atoms with Crippen molar-refractivity contribution in [3.8, 4) is 89.3 Å². The summed E-state index contributed by atoms with van der Waals surface area (Å²) in [7, 11) is 0. The van der Waals surface area contributed by atoms with Gasteiger partial charge in [0.15, 0.2) is 0 Å². The van der Waals surface area contributed by atoms with Gasteiger partial charge in [0.1, 0.15) is 0 Å². The maximum absolute atomic E-state index is 6.39. The molecule has 14 aromatic carbocycles. The molecule has 1 heterocycles. The van der Waals surface area contributed by atoms with Crippen LogP contribution in [0.3, 0.4) is 0 Å². The molecule has 6 aliphatic rings. The predicted octanol–water partition coefficient (Wildman–Crippen LogP) is 22.5. The molecular weight excluding hydrogens is 1180 g/mol. The average molecular weight is 1250 g/mol. The van der Waals surface area contributed by atoms with E-state index in [1.165, 1.54) is 134 Å². The van der Waals surface area contributed by atoms with Crippen molar-refractivity contribution in [3.05, 3.63) is 427 Å². The molecule has 2 spiro atoms. The summed E-state index contributed by atoms with van der Waals surface area (Å²) in [5.41, 5.74) is 40.6. The maximum Gasteiger partial charge on any atom is 0.0941 e. The fourth-order valence-corrected chi connectivity index (χ4v) is 19.3. The Hall–Kier alpha value is -11.8. The third-order valence-electron chi connectivity index (χ3n) is 23.6. The highest BCUT2D eigenvalue weighted by Gasteiger charge is 2.57. The average Bonchev–Trinajstić information content (AvgIpc) is 1.52. The molecule has 0 saturated heterocycles. The number of hydrogen-bond acceptors (Lipinski definition) is 2. The Kier molecular flexibility index (Phi) is 11.3. The second-order valence-electron chi connectivity index (χ2n) is 28.4. The van der Waals surface area contributed by atoms with Crippen molar-refractivity contribution in [2.24, 2.45) is 0 Å². The minimum atomic E-state index is -0.879. The predicted molar refractivity (Wildman–Crippen MR) is 399 cm³/mol. The fraction of sp³-hybridized carbons (Fsp3) is 0.0833. The number of aryl methyl sites for hydroxylation is 4. The number of aromatic nitrogens is 2. The monoisotopic (exact) mass is 1240 g/mol. The van der Waals surface area contributed by atoms with Crippen LogP contribution in [0.4, 0.5) is 0 Å². The second kappa shape index (κ2) is 19.9. The van der Waals surface area contributed by atoms with Crippen molar-refractivity contribution in [2.75, 3.05) is 0 Å². The number of rotatable bonds is 6. The van der Waals surface area contributed by atoms with Gasteiger partial charge in [-0.2, -0.15) is 0 Å². The summed E-state index contributed by atoms with van der Waals surface area (Å²) in [6.07, 6.45) is 0. The van der Waals surface area contributed by atoms with Gasteiger partial charge in [-0.25, -0.2) is 9.97 Å². The third-order valence-corrected chi connectivity index (χ3v) is 23.6. The molecule has 0 radical (unpaired) electrons. The van der Waals surface area contributed by atoms with Crippen LogP contribution in [0.25, 0.3) is 89.3 Å². The van der Waals surface area contributed by atoms with Crippen molar-refractivity contribution >= 4 is 0 Å². The van der Waals surface area contributed by atoms with Gasteiger partial charge >= 0.3 is 0 Å². The van der Waals surface area contributed by atoms with Gasteiger partial charge in [-0.15, -0.1) is 0 Å². The van der Waals surface area contributed by atoms with Gasteiger partial charge < -0.3 is 0 Å². The summed E-state index contributed by atoms with van der Waals surface area (Å²) in [4.78, 5) is 12.8. The molecule has 0 N–H and O–H groups in total. The van der Waals surface area contributed by atoms with Gasteiger partial charge in [-0.1, -0.05) is 313 Å². The van der Waals surface area contributed by atoms with Crippen molar-refractivity contribution in [3.63, 3.8) is 0 Å². The van der Waals surface area contributed by atoms with Crippen LogP contribution in [0.5, 0.6) is 0 Å². The minimum Gasteiger partial charge on any atom is -0.247 e. The zero-order chi connectivity index (χ0) is 65.0. The molecular formula is C96H64N2. The highest BCUT2D eigenvalue weighted by molar-refractivity contribution is 5.99. The van der Waals surface area contributed by atoms with E-state index in [4.69, 9.17) is 9.97 Å². The molecule has 15 aromatic rings. The molecule has 0 fully saturated rings. The Balaban J connectivity index is 0.811. The van der Waals surface area contributed by atoms with E-state index in [1.54, 1.807) is 0 Å². The summed E-state index contributed by atoms with van der Waals surface area (Å²) in [6.45, 7) is 8.77. The van der Waals surface area contributed by atoms with Crippen LogP contribution in [0.1, 0.15) is 112 Å². The van der Waals surface area contributed by atoms with Crippen LogP contribution in [0.15, 0.2) is 315 Å². The van der Waals surface area contributed by atoms with Crippen LogP contribution in [0, 0.1) is 27.7 Å². The molecule has 0 unspecified atom stereocenters. The Labute approximate surface area is 572 Å². The quantitative estimate of drug-likeness (QED) is 0.166. The van der Waals surface area contributed by atoms with Crippen molar-refractivity contribution in [1.29, 1.82) is 0 Å². The Morgan fingerprint density at radius 3 is 0.633 bits per heavy atom. The molecule has 458 valence electrons. The lowest BCUT2D eigenvalue weighted by molar-refractivity contribution is 0.712. The van der Waals surface area contributed by atoms with Gasteiger partial charge in [-0.3, -0.25) is 0 Å². The molecule has 0 atom stereocenters. The smallest absolute Gasteiger partial charge is 0.0941 e. The first-order chi connectivity index (χ1) is 48.2. The molecule has 21 rings (SSSR count). The lowest BCUT2D eigenvalue weighted by Crippen LogP contribution is -2.32. The van der Waals surface area contributed by atoms with Crippen LogP contribution >= 0.6 is 0 Å². The minimum absolute atomic E-state index is 0.478. The Bertz CT molecular complexity index is 5380. The molecule has 0 saturated carbocycles. The Morgan fingerprint density at radius 1 is 0.184 bits per heavy atom. The van der Waals surface area contributed by atoms with Crippen molar-refractivity contribution < 1.29 is 0 Å². The van der Waals surface area contributed by atoms with E-state index >= 15 is 0 Å². The normalized spacial score (nSPS) is 15.1. The molecule has 2 heteroatoms. The Morgan fingerprint density at radius 2 is 0.388 bits per heavy atom. The van der Waals surface area contributed by atoms with Crippen LogP contribution < -0.4 is 0 Å². The number of nitrogens with zero attached hydrogens (tertiary/aromatic N) is 2. The summed E-state index contributed by atoms with van der Waals surface area (Å²) in [5.74, 6) is 0. The molecule has 0 aliphatic heterocycles. The van der Waals surface area contributed by atoms with Crippen molar-refractivity contribution in [1.82, 2.24) is 9.97 Å². The van der Waals surface area contributed by atoms with Crippen LogP contribution in [0.2, 0.25) is 0 Å². The SMILES string of the molecule is Cc1ccc(C2(c3ccc(C)cc3)c3cc(-c4ccc5c(c4)C4(c6ccccc6-c6ccccc64)c4ccccc4-5)ccc3-c3nc4c(nc32)-c2ccc(-c3ccc5c(c3)C3(c6ccccc6-c6ccccc63)c3ccccc3-5)cc2C4(c2ccc(C)cc2)c2ccc(C)cc2)cc1. The van der Waals surface area contributed by atoms with Crippen molar-refractivity contribution in [2.45, 2.75) is 49.4 Å². The standard InChI is InChI=1S/C96H64N2/c1-57-29-41-65(42-30-57)93(66-43-31-58(2)32-44-66)87-55-63(61-37-49-75-73-21-9-15-27-83(73)95(85(75)53-61)79-23-11-5-17-69(79)70-18-6-12-24-80(70)95)39-51-77(87)89-91(93)97-90-78-52-40-64(56-88(78)94(92(90)98-89,67-45-33-59(3)34-46-67)68-47-35-60(4)36-48-68)62-38-50-76-74-22-10-16-28-84(74)96(86(76)54-62)81-25-13-7-19-71(81)72-20-8-14-26-82(72)96/h5-56H,1-4H3. The molecule has 2 nitrogen and oxygen atoms in total. The number of benzene rings is 14. The lowest BCUT2D eigenvalue weighted by atomic mass is 9.68. The van der Waals surface area contributed by atoms with E-state index in [0.29, 0.717) is 0 Å². The third kappa shape index (κ3) is 6.91. The summed E-state index contributed by atoms with van der Waals surface area (Å²) < 4.78 is 0. The van der Waals surface area contributed by atoms with E-state index in [9.17, 15) is 0 Å². The van der Waals surface area contributed by atoms with Gasteiger partial charge in [0.25, 0.3) is 0 Å². The second-order valence-corrected chi connectivity index (χ2v) is 28.4. The maximum atomic E-state index is 6.39. The number of fused-ring (bicyclic) bond motifs is 26. The zero-order valence-corrected chi connectivity index (χ0v) is 54.9. The first kappa shape index (κ1) is 55.4. The highest BCUT2D eigenvalue weighted by Crippen LogP contribution is 2.67. The van der Waals surface area contributed by atoms with E-state index in [2.05, 4.69) is 343 Å². The van der Waals surface area contributed by atoms with Gasteiger partial charge in [-0.05, 0) is 197 Å². The summed E-state index contributed by atoms with van der Waals surface area (Å²) in [6, 6.07) is 121.